The highest BCUT2D eigenvalue weighted by molar-refractivity contribution is 6.31. The third kappa shape index (κ3) is 2.41. The number of fused-ring (bicyclic) bond motifs is 1. The summed E-state index contributed by atoms with van der Waals surface area (Å²) >= 11 is 6.41. The Bertz CT molecular complexity index is 639. The minimum atomic E-state index is 0.106. The lowest BCUT2D eigenvalue weighted by atomic mass is 9.96. The molecule has 1 unspecified atom stereocenters. The van der Waals surface area contributed by atoms with Gasteiger partial charge in [-0.15, -0.1) is 0 Å². The topological polar surface area (TPSA) is 21.3 Å². The Kier molecular flexibility index (Phi) is 3.68. The Hall–Kier alpha value is -1.51. The molecule has 1 heterocycles. The number of hydrogen-bond donors (Lipinski definition) is 1. The van der Waals surface area contributed by atoms with Crippen molar-refractivity contribution in [3.05, 3.63) is 63.7 Å². The Morgan fingerprint density at radius 3 is 2.80 bits per heavy atom. The van der Waals surface area contributed by atoms with Gasteiger partial charge in [0.25, 0.3) is 0 Å². The maximum Gasteiger partial charge on any atom is 0.122 e. The summed E-state index contributed by atoms with van der Waals surface area (Å²) in [5.74, 6) is 1.01. The predicted octanol–water partition coefficient (Wildman–Crippen LogP) is 3.89. The number of halogens is 1. The zero-order valence-corrected chi connectivity index (χ0v) is 12.5. The maximum absolute atomic E-state index is 6.41. The number of aryl methyl sites for hydroxylation is 1. The molecular formula is C17H18ClNO. The van der Waals surface area contributed by atoms with Crippen molar-refractivity contribution in [3.63, 3.8) is 0 Å². The van der Waals surface area contributed by atoms with Crippen LogP contribution in [0.1, 0.15) is 28.3 Å². The molecule has 3 rings (SSSR count). The van der Waals surface area contributed by atoms with E-state index < -0.39 is 0 Å². The average Bonchev–Trinajstić information content (AvgIpc) is 2.89. The van der Waals surface area contributed by atoms with Crippen LogP contribution < -0.4 is 10.1 Å². The molecule has 0 radical (unpaired) electrons. The first-order valence-electron chi connectivity index (χ1n) is 6.88. The molecule has 0 saturated heterocycles. The second kappa shape index (κ2) is 5.47. The van der Waals surface area contributed by atoms with Gasteiger partial charge < -0.3 is 10.1 Å². The summed E-state index contributed by atoms with van der Waals surface area (Å²) in [4.78, 5) is 0. The van der Waals surface area contributed by atoms with Crippen LogP contribution in [-0.4, -0.2) is 13.7 Å². The summed E-state index contributed by atoms with van der Waals surface area (Å²) in [6.45, 7) is 2.84. The molecule has 0 bridgehead atoms. The van der Waals surface area contributed by atoms with Gasteiger partial charge in [-0.1, -0.05) is 35.9 Å². The molecule has 0 spiro atoms. The minimum Gasteiger partial charge on any atom is -0.493 e. The van der Waals surface area contributed by atoms with E-state index in [1.165, 1.54) is 16.7 Å². The van der Waals surface area contributed by atoms with Crippen molar-refractivity contribution in [1.82, 2.24) is 5.32 Å². The lowest BCUT2D eigenvalue weighted by Crippen LogP contribution is -2.18. The van der Waals surface area contributed by atoms with E-state index in [4.69, 9.17) is 16.3 Å². The van der Waals surface area contributed by atoms with Crippen molar-refractivity contribution in [2.45, 2.75) is 19.4 Å². The van der Waals surface area contributed by atoms with E-state index in [2.05, 4.69) is 42.6 Å². The normalized spacial score (nSPS) is 14.8. The first kappa shape index (κ1) is 13.5. The van der Waals surface area contributed by atoms with Crippen LogP contribution in [0.15, 0.2) is 36.4 Å². The summed E-state index contributed by atoms with van der Waals surface area (Å²) in [6, 6.07) is 12.7. The summed E-state index contributed by atoms with van der Waals surface area (Å²) < 4.78 is 5.57. The zero-order chi connectivity index (χ0) is 14.1. The van der Waals surface area contributed by atoms with Crippen LogP contribution in [0.5, 0.6) is 5.75 Å². The fraction of sp³-hybridized carbons (Fsp3) is 0.294. The third-order valence-corrected chi connectivity index (χ3v) is 4.13. The largest absolute Gasteiger partial charge is 0.493 e. The highest BCUT2D eigenvalue weighted by Crippen LogP contribution is 2.33. The highest BCUT2D eigenvalue weighted by Gasteiger charge is 2.19. The Labute approximate surface area is 124 Å². The highest BCUT2D eigenvalue weighted by atomic mass is 35.5. The van der Waals surface area contributed by atoms with Crippen LogP contribution in [0.3, 0.4) is 0 Å². The second-order valence-electron chi connectivity index (χ2n) is 5.21. The number of benzene rings is 2. The fourth-order valence-electron chi connectivity index (χ4n) is 2.75. The predicted molar refractivity (Wildman–Crippen MR) is 82.7 cm³/mol. The quantitative estimate of drug-likeness (QED) is 0.925. The minimum absolute atomic E-state index is 0.106. The number of rotatable bonds is 3. The van der Waals surface area contributed by atoms with Gasteiger partial charge >= 0.3 is 0 Å². The van der Waals surface area contributed by atoms with Gasteiger partial charge in [-0.25, -0.2) is 0 Å². The first-order chi connectivity index (χ1) is 9.69. The van der Waals surface area contributed by atoms with Crippen LogP contribution >= 0.6 is 11.6 Å². The van der Waals surface area contributed by atoms with E-state index in [9.17, 15) is 0 Å². The van der Waals surface area contributed by atoms with E-state index in [1.54, 1.807) is 0 Å². The smallest absolute Gasteiger partial charge is 0.122 e. The van der Waals surface area contributed by atoms with Gasteiger partial charge in [0.1, 0.15) is 5.75 Å². The van der Waals surface area contributed by atoms with Crippen molar-refractivity contribution in [1.29, 1.82) is 0 Å². The Balaban J connectivity index is 2.01. The van der Waals surface area contributed by atoms with Gasteiger partial charge in [0, 0.05) is 11.4 Å². The van der Waals surface area contributed by atoms with Crippen LogP contribution in [0.4, 0.5) is 0 Å². The molecule has 1 atom stereocenters. The summed E-state index contributed by atoms with van der Waals surface area (Å²) in [7, 11) is 1.96. The molecule has 2 nitrogen and oxygen atoms in total. The average molecular weight is 288 g/mol. The van der Waals surface area contributed by atoms with Crippen LogP contribution in [-0.2, 0) is 6.42 Å². The van der Waals surface area contributed by atoms with Gasteiger partial charge in [0.15, 0.2) is 0 Å². The number of nitrogens with one attached hydrogen (secondary N) is 1. The molecular weight excluding hydrogens is 270 g/mol. The summed E-state index contributed by atoms with van der Waals surface area (Å²) in [6.07, 6.45) is 0.987. The van der Waals surface area contributed by atoms with E-state index in [0.717, 1.165) is 29.4 Å². The molecule has 0 amide bonds. The van der Waals surface area contributed by atoms with E-state index >= 15 is 0 Å². The Morgan fingerprint density at radius 1 is 1.20 bits per heavy atom. The molecule has 2 aromatic rings. The molecule has 0 aliphatic carbocycles. The van der Waals surface area contributed by atoms with Crippen LogP contribution in [0, 0.1) is 6.92 Å². The van der Waals surface area contributed by atoms with E-state index in [1.807, 2.05) is 13.1 Å². The fourth-order valence-corrected chi connectivity index (χ4v) is 3.10. The molecule has 104 valence electrons. The van der Waals surface area contributed by atoms with Crippen molar-refractivity contribution in [3.8, 4) is 5.75 Å². The summed E-state index contributed by atoms with van der Waals surface area (Å²) in [5.41, 5.74) is 4.79. The van der Waals surface area contributed by atoms with Crippen LogP contribution in [0.2, 0.25) is 5.02 Å². The molecule has 1 N–H and O–H groups in total. The molecule has 1 aliphatic heterocycles. The SMILES string of the molecule is CNC(c1ccc2c(c1)CCO2)c1ccc(C)cc1Cl. The molecule has 0 fully saturated rings. The standard InChI is InChI=1S/C17H18ClNO/c1-11-3-5-14(15(18)9-11)17(19-2)13-4-6-16-12(10-13)7-8-20-16/h3-6,9-10,17,19H,7-8H2,1-2H3. The van der Waals surface area contributed by atoms with Crippen LogP contribution in [0.25, 0.3) is 0 Å². The van der Waals surface area contributed by atoms with Gasteiger partial charge in [0.2, 0.25) is 0 Å². The monoisotopic (exact) mass is 287 g/mol. The van der Waals surface area contributed by atoms with E-state index in [-0.39, 0.29) is 6.04 Å². The molecule has 0 aromatic heterocycles. The third-order valence-electron chi connectivity index (χ3n) is 3.80. The van der Waals surface area contributed by atoms with Crippen molar-refractivity contribution >= 4 is 11.6 Å². The Morgan fingerprint density at radius 2 is 2.05 bits per heavy atom. The van der Waals surface area contributed by atoms with E-state index in [0.29, 0.717) is 0 Å². The lowest BCUT2D eigenvalue weighted by molar-refractivity contribution is 0.357. The van der Waals surface area contributed by atoms with Crippen molar-refractivity contribution in [2.24, 2.45) is 0 Å². The molecule has 0 saturated carbocycles. The first-order valence-corrected chi connectivity index (χ1v) is 7.26. The number of ether oxygens (including phenoxy) is 1. The van der Waals surface area contributed by atoms with Crippen molar-refractivity contribution in [2.75, 3.05) is 13.7 Å². The maximum atomic E-state index is 6.41. The lowest BCUT2D eigenvalue weighted by Gasteiger charge is -2.19. The van der Waals surface area contributed by atoms with Gasteiger partial charge in [-0.05, 0) is 48.4 Å². The molecule has 1 aliphatic rings. The molecule has 2 aromatic carbocycles. The second-order valence-corrected chi connectivity index (χ2v) is 5.62. The van der Waals surface area contributed by atoms with Gasteiger partial charge in [-0.2, -0.15) is 0 Å². The number of hydrogen-bond acceptors (Lipinski definition) is 2. The summed E-state index contributed by atoms with van der Waals surface area (Å²) in [5, 5.41) is 4.17. The zero-order valence-electron chi connectivity index (χ0n) is 11.7. The van der Waals surface area contributed by atoms with Gasteiger partial charge in [0.05, 0.1) is 12.6 Å². The van der Waals surface area contributed by atoms with Crippen molar-refractivity contribution < 1.29 is 4.74 Å². The molecule has 20 heavy (non-hydrogen) atoms. The molecule has 3 heteroatoms. The van der Waals surface area contributed by atoms with Gasteiger partial charge in [-0.3, -0.25) is 0 Å².